The van der Waals surface area contributed by atoms with Crippen LogP contribution in [0.5, 0.6) is 0 Å². The predicted octanol–water partition coefficient (Wildman–Crippen LogP) is 6.32. The summed E-state index contributed by atoms with van der Waals surface area (Å²) in [6, 6.07) is 10.5. The van der Waals surface area contributed by atoms with Gasteiger partial charge < -0.3 is 5.11 Å². The fourth-order valence-corrected chi connectivity index (χ4v) is 3.12. The van der Waals surface area contributed by atoms with Gasteiger partial charge in [-0.05, 0) is 24.7 Å². The summed E-state index contributed by atoms with van der Waals surface area (Å²) in [5, 5.41) is 9.41. The van der Waals surface area contributed by atoms with E-state index in [1.165, 1.54) is 37.7 Å². The lowest BCUT2D eigenvalue weighted by Crippen LogP contribution is -2.05. The fourth-order valence-electron chi connectivity index (χ4n) is 1.92. The van der Waals surface area contributed by atoms with Gasteiger partial charge in [0.1, 0.15) is 0 Å². The SMILES string of the molecule is CCCCCC(O)CCCC.CSSCc1ccccc1. The molecule has 1 unspecified atom stereocenters. The van der Waals surface area contributed by atoms with Crippen LogP contribution in [0.2, 0.25) is 0 Å². The number of aliphatic hydroxyl groups is 1. The molecule has 0 aromatic heterocycles. The second-order valence-corrected chi connectivity index (χ2v) is 7.77. The minimum atomic E-state index is -0.0264. The van der Waals surface area contributed by atoms with Crippen LogP contribution in [0.3, 0.4) is 0 Å². The van der Waals surface area contributed by atoms with Crippen LogP contribution in [0.1, 0.15) is 64.4 Å². The molecule has 1 rings (SSSR count). The van der Waals surface area contributed by atoms with Crippen molar-refractivity contribution in [2.75, 3.05) is 6.26 Å². The first-order valence-corrected chi connectivity index (χ1v) is 10.8. The highest BCUT2D eigenvalue weighted by molar-refractivity contribution is 8.76. The minimum Gasteiger partial charge on any atom is -0.393 e. The second kappa shape index (κ2) is 16.3. The predicted molar refractivity (Wildman–Crippen MR) is 101 cm³/mol. The summed E-state index contributed by atoms with van der Waals surface area (Å²) in [4.78, 5) is 0. The van der Waals surface area contributed by atoms with E-state index in [-0.39, 0.29) is 6.10 Å². The summed E-state index contributed by atoms with van der Waals surface area (Å²) >= 11 is 0. The highest BCUT2D eigenvalue weighted by Gasteiger charge is 2.01. The number of hydrogen-bond donors (Lipinski definition) is 1. The zero-order valence-corrected chi connectivity index (χ0v) is 15.5. The van der Waals surface area contributed by atoms with Crippen molar-refractivity contribution in [3.63, 3.8) is 0 Å². The van der Waals surface area contributed by atoms with Crippen LogP contribution in [-0.2, 0) is 5.75 Å². The minimum absolute atomic E-state index is 0.0264. The van der Waals surface area contributed by atoms with E-state index in [2.05, 4.69) is 44.4 Å². The number of benzene rings is 1. The molecule has 0 bridgehead atoms. The van der Waals surface area contributed by atoms with Gasteiger partial charge in [0.05, 0.1) is 6.10 Å². The van der Waals surface area contributed by atoms with Gasteiger partial charge in [0.2, 0.25) is 0 Å². The largest absolute Gasteiger partial charge is 0.393 e. The van der Waals surface area contributed by atoms with Gasteiger partial charge in [0.15, 0.2) is 0 Å². The molecule has 1 aromatic rings. The van der Waals surface area contributed by atoms with Crippen molar-refractivity contribution in [1.82, 2.24) is 0 Å². The molecule has 1 aromatic carbocycles. The van der Waals surface area contributed by atoms with Crippen molar-refractivity contribution < 1.29 is 5.11 Å². The number of unbranched alkanes of at least 4 members (excludes halogenated alkanes) is 3. The molecule has 1 nitrogen and oxygen atoms in total. The highest BCUT2D eigenvalue weighted by atomic mass is 33.1. The molecule has 0 aliphatic heterocycles. The molecule has 3 heteroatoms. The summed E-state index contributed by atoms with van der Waals surface area (Å²) in [5.74, 6) is 1.11. The van der Waals surface area contributed by atoms with Gasteiger partial charge in [-0.2, -0.15) is 0 Å². The van der Waals surface area contributed by atoms with Crippen LogP contribution >= 0.6 is 21.6 Å². The summed E-state index contributed by atoms with van der Waals surface area (Å²) < 4.78 is 0. The molecule has 0 aliphatic carbocycles. The van der Waals surface area contributed by atoms with Crippen LogP contribution in [0, 0.1) is 0 Å². The molecule has 0 amide bonds. The van der Waals surface area contributed by atoms with Crippen LogP contribution < -0.4 is 0 Å². The molecule has 122 valence electrons. The Bertz CT molecular complexity index is 303. The third kappa shape index (κ3) is 14.6. The molecule has 1 atom stereocenters. The van der Waals surface area contributed by atoms with Gasteiger partial charge in [-0.25, -0.2) is 0 Å². The maximum atomic E-state index is 9.41. The Kier molecular flexibility index (Phi) is 16.2. The first kappa shape index (κ1) is 20.9. The normalized spacial score (nSPS) is 11.6. The van der Waals surface area contributed by atoms with Crippen molar-refractivity contribution in [2.24, 2.45) is 0 Å². The summed E-state index contributed by atoms with van der Waals surface area (Å²) in [6.45, 7) is 4.36. The third-order valence-electron chi connectivity index (χ3n) is 3.22. The van der Waals surface area contributed by atoms with Crippen molar-refractivity contribution in [3.05, 3.63) is 35.9 Å². The van der Waals surface area contributed by atoms with Gasteiger partial charge in [0, 0.05) is 5.75 Å². The Morgan fingerprint density at radius 2 is 1.57 bits per heavy atom. The van der Waals surface area contributed by atoms with Gasteiger partial charge in [0.25, 0.3) is 0 Å². The highest BCUT2D eigenvalue weighted by Crippen LogP contribution is 2.21. The second-order valence-electron chi connectivity index (χ2n) is 5.21. The molecule has 0 aliphatic rings. The molecule has 0 spiro atoms. The molecule has 0 fully saturated rings. The first-order valence-electron chi connectivity index (χ1n) is 8.12. The van der Waals surface area contributed by atoms with E-state index >= 15 is 0 Å². The maximum absolute atomic E-state index is 9.41. The lowest BCUT2D eigenvalue weighted by atomic mass is 10.1. The summed E-state index contributed by atoms with van der Waals surface area (Å²) in [6.07, 6.45) is 10.2. The zero-order valence-electron chi connectivity index (χ0n) is 13.9. The first-order chi connectivity index (χ1) is 10.2. The van der Waals surface area contributed by atoms with Gasteiger partial charge >= 0.3 is 0 Å². The number of rotatable bonds is 10. The molecular weight excluding hydrogens is 296 g/mol. The zero-order chi connectivity index (χ0) is 15.8. The van der Waals surface area contributed by atoms with E-state index in [4.69, 9.17) is 0 Å². The molecule has 0 heterocycles. The average Bonchev–Trinajstić information content (AvgIpc) is 2.53. The van der Waals surface area contributed by atoms with Crippen LogP contribution in [0.15, 0.2) is 30.3 Å². The third-order valence-corrected chi connectivity index (χ3v) is 4.97. The van der Waals surface area contributed by atoms with E-state index in [0.717, 1.165) is 18.6 Å². The lowest BCUT2D eigenvalue weighted by Gasteiger charge is -2.08. The van der Waals surface area contributed by atoms with Gasteiger partial charge in [-0.1, -0.05) is 97.9 Å². The van der Waals surface area contributed by atoms with Crippen molar-refractivity contribution in [3.8, 4) is 0 Å². The van der Waals surface area contributed by atoms with E-state index < -0.39 is 0 Å². The number of hydrogen-bond acceptors (Lipinski definition) is 3. The molecule has 1 N–H and O–H groups in total. The Hall–Kier alpha value is -0.120. The molecule has 0 saturated carbocycles. The van der Waals surface area contributed by atoms with Gasteiger partial charge in [-0.15, -0.1) is 0 Å². The number of aliphatic hydroxyl groups excluding tert-OH is 1. The summed E-state index contributed by atoms with van der Waals surface area (Å²) in [5.41, 5.74) is 1.40. The Morgan fingerprint density at radius 1 is 0.952 bits per heavy atom. The van der Waals surface area contributed by atoms with E-state index in [9.17, 15) is 5.11 Å². The molecule has 0 radical (unpaired) electrons. The Balaban J connectivity index is 0.000000382. The van der Waals surface area contributed by atoms with E-state index in [1.54, 1.807) is 0 Å². The van der Waals surface area contributed by atoms with Crippen LogP contribution in [-0.4, -0.2) is 17.5 Å². The maximum Gasteiger partial charge on any atom is 0.0540 e. The van der Waals surface area contributed by atoms with Crippen molar-refractivity contribution >= 4 is 21.6 Å². The van der Waals surface area contributed by atoms with Crippen LogP contribution in [0.4, 0.5) is 0 Å². The monoisotopic (exact) mass is 328 g/mol. The van der Waals surface area contributed by atoms with Crippen LogP contribution in [0.25, 0.3) is 0 Å². The van der Waals surface area contributed by atoms with Crippen molar-refractivity contribution in [1.29, 1.82) is 0 Å². The Morgan fingerprint density at radius 3 is 2.14 bits per heavy atom. The molecular formula is C18H32OS2. The fraction of sp³-hybridized carbons (Fsp3) is 0.667. The molecule has 21 heavy (non-hydrogen) atoms. The van der Waals surface area contributed by atoms with E-state index in [0.29, 0.717) is 0 Å². The Labute approximate surface area is 139 Å². The quantitative estimate of drug-likeness (QED) is 0.401. The van der Waals surface area contributed by atoms with E-state index in [1.807, 2.05) is 27.7 Å². The topological polar surface area (TPSA) is 20.2 Å². The standard InChI is InChI=1S/C10H22O.C8H10S2/c1-3-5-7-9-10(11)8-6-4-2;1-9-10-7-8-5-3-2-4-6-8/h10-11H,3-9H2,1-2H3;2-6H,7H2,1H3. The lowest BCUT2D eigenvalue weighted by molar-refractivity contribution is 0.148. The molecule has 0 saturated heterocycles. The smallest absolute Gasteiger partial charge is 0.0540 e. The summed E-state index contributed by atoms with van der Waals surface area (Å²) in [7, 11) is 3.69. The van der Waals surface area contributed by atoms with Crippen molar-refractivity contribution in [2.45, 2.75) is 70.7 Å². The van der Waals surface area contributed by atoms with Gasteiger partial charge in [-0.3, -0.25) is 0 Å². The average molecular weight is 329 g/mol.